The van der Waals surface area contributed by atoms with Crippen LogP contribution in [0.3, 0.4) is 0 Å². The Bertz CT molecular complexity index is 347. The summed E-state index contributed by atoms with van der Waals surface area (Å²) in [5, 5.41) is 0. The van der Waals surface area contributed by atoms with E-state index >= 15 is 0 Å². The molecule has 1 aromatic rings. The van der Waals surface area contributed by atoms with Gasteiger partial charge >= 0.3 is 0 Å². The number of hydrogen-bond donors (Lipinski definition) is 0. The first-order valence-corrected chi connectivity index (χ1v) is 5.15. The van der Waals surface area contributed by atoms with Crippen LogP contribution in [0.1, 0.15) is 19.4 Å². The molecule has 3 heteroatoms. The maximum Gasteiger partial charge on any atom is 0.165 e. The van der Waals surface area contributed by atoms with Gasteiger partial charge in [-0.25, -0.2) is 0 Å². The second-order valence-electron chi connectivity index (χ2n) is 4.04. The van der Waals surface area contributed by atoms with Crippen LogP contribution in [0.25, 0.3) is 0 Å². The van der Waals surface area contributed by atoms with Gasteiger partial charge in [-0.3, -0.25) is 0 Å². The normalized spacial score (nSPS) is 17.4. The summed E-state index contributed by atoms with van der Waals surface area (Å²) in [4.78, 5) is 0. The fourth-order valence-electron chi connectivity index (χ4n) is 1.76. The zero-order valence-electron chi connectivity index (χ0n) is 8.34. The molecule has 0 bridgehead atoms. The van der Waals surface area contributed by atoms with E-state index in [0.29, 0.717) is 0 Å². The van der Waals surface area contributed by atoms with E-state index in [9.17, 15) is 0 Å². The summed E-state index contributed by atoms with van der Waals surface area (Å²) in [6.07, 6.45) is 0.918. The highest BCUT2D eigenvalue weighted by molar-refractivity contribution is 6.17. The lowest BCUT2D eigenvalue weighted by Crippen LogP contribution is -2.24. The van der Waals surface area contributed by atoms with Crippen molar-refractivity contribution in [3.05, 3.63) is 23.8 Å². The first-order valence-electron chi connectivity index (χ1n) is 4.62. The van der Waals surface area contributed by atoms with E-state index < -0.39 is 0 Å². The minimum absolute atomic E-state index is 0.131. The molecule has 14 heavy (non-hydrogen) atoms. The van der Waals surface area contributed by atoms with Gasteiger partial charge < -0.3 is 9.47 Å². The van der Waals surface area contributed by atoms with Crippen molar-refractivity contribution in [2.75, 3.05) is 6.07 Å². The van der Waals surface area contributed by atoms with Crippen molar-refractivity contribution in [2.45, 2.75) is 25.9 Å². The molecule has 0 amide bonds. The third-order valence-electron chi connectivity index (χ3n) is 2.27. The van der Waals surface area contributed by atoms with E-state index in [0.717, 1.165) is 17.9 Å². The van der Waals surface area contributed by atoms with Crippen molar-refractivity contribution in [1.82, 2.24) is 0 Å². The maximum atomic E-state index is 5.79. The molecule has 1 aromatic carbocycles. The zero-order valence-corrected chi connectivity index (χ0v) is 9.10. The fraction of sp³-hybridized carbons (Fsp3) is 0.455. The number of para-hydroxylation sites is 1. The minimum atomic E-state index is -0.131. The Morgan fingerprint density at radius 2 is 2.29 bits per heavy atom. The molecule has 0 radical (unpaired) electrons. The predicted octanol–water partition coefficient (Wildman–Crippen LogP) is 2.98. The highest BCUT2D eigenvalue weighted by Crippen LogP contribution is 2.41. The van der Waals surface area contributed by atoms with Crippen molar-refractivity contribution in [2.24, 2.45) is 0 Å². The smallest absolute Gasteiger partial charge is 0.165 e. The molecule has 0 aromatic heterocycles. The SMILES string of the molecule is CC1(C)Cc2cccc(OCCl)c2O1. The molecule has 0 spiro atoms. The summed E-state index contributed by atoms with van der Waals surface area (Å²) in [5.74, 6) is 1.58. The van der Waals surface area contributed by atoms with Crippen LogP contribution >= 0.6 is 11.6 Å². The summed E-state index contributed by atoms with van der Waals surface area (Å²) < 4.78 is 11.1. The molecule has 0 aliphatic carbocycles. The number of halogens is 1. The third-order valence-corrected chi connectivity index (χ3v) is 2.37. The van der Waals surface area contributed by atoms with Crippen LogP contribution in [0.5, 0.6) is 11.5 Å². The second kappa shape index (κ2) is 3.35. The number of rotatable bonds is 2. The quantitative estimate of drug-likeness (QED) is 0.702. The molecule has 2 rings (SSSR count). The van der Waals surface area contributed by atoms with Gasteiger partial charge in [0.1, 0.15) is 5.60 Å². The van der Waals surface area contributed by atoms with Crippen LogP contribution in [0, 0.1) is 0 Å². The molecular weight excluding hydrogens is 200 g/mol. The molecule has 0 saturated carbocycles. The number of benzene rings is 1. The van der Waals surface area contributed by atoms with Crippen LogP contribution in [-0.4, -0.2) is 11.7 Å². The van der Waals surface area contributed by atoms with Gasteiger partial charge in [0, 0.05) is 12.0 Å². The number of ether oxygens (including phenoxy) is 2. The number of fused-ring (bicyclic) bond motifs is 1. The van der Waals surface area contributed by atoms with Gasteiger partial charge in [-0.15, -0.1) is 0 Å². The van der Waals surface area contributed by atoms with Crippen LogP contribution in [0.2, 0.25) is 0 Å². The second-order valence-corrected chi connectivity index (χ2v) is 4.25. The van der Waals surface area contributed by atoms with Gasteiger partial charge in [0.15, 0.2) is 17.6 Å². The average molecular weight is 213 g/mol. The lowest BCUT2D eigenvalue weighted by atomic mass is 10.0. The molecule has 1 aliphatic heterocycles. The molecular formula is C11H13ClO2. The van der Waals surface area contributed by atoms with Crippen molar-refractivity contribution in [3.8, 4) is 11.5 Å². The van der Waals surface area contributed by atoms with Gasteiger partial charge in [-0.2, -0.15) is 0 Å². The number of hydrogen-bond acceptors (Lipinski definition) is 2. The van der Waals surface area contributed by atoms with Gasteiger partial charge in [0.05, 0.1) is 0 Å². The van der Waals surface area contributed by atoms with Crippen molar-refractivity contribution >= 4 is 11.6 Å². The highest BCUT2D eigenvalue weighted by Gasteiger charge is 2.32. The van der Waals surface area contributed by atoms with Gasteiger partial charge in [-0.05, 0) is 19.9 Å². The number of alkyl halides is 1. The summed E-state index contributed by atoms with van der Waals surface area (Å²) in [7, 11) is 0. The zero-order chi connectivity index (χ0) is 10.2. The summed E-state index contributed by atoms with van der Waals surface area (Å²) in [5.41, 5.74) is 1.06. The molecule has 1 heterocycles. The molecule has 0 atom stereocenters. The Morgan fingerprint density at radius 1 is 1.50 bits per heavy atom. The van der Waals surface area contributed by atoms with E-state index in [1.165, 1.54) is 5.56 Å². The Labute approximate surface area is 88.8 Å². The molecule has 2 nitrogen and oxygen atoms in total. The predicted molar refractivity (Wildman–Crippen MR) is 56.2 cm³/mol. The van der Waals surface area contributed by atoms with Crippen LogP contribution in [0.15, 0.2) is 18.2 Å². The minimum Gasteiger partial charge on any atom is -0.483 e. The summed E-state index contributed by atoms with van der Waals surface area (Å²) >= 11 is 5.53. The Kier molecular flexibility index (Phi) is 2.31. The molecule has 0 fully saturated rings. The first kappa shape index (κ1) is 9.66. The molecule has 0 saturated heterocycles. The van der Waals surface area contributed by atoms with Crippen LogP contribution in [0.4, 0.5) is 0 Å². The summed E-state index contributed by atoms with van der Waals surface area (Å²) in [6.45, 7) is 4.13. The third kappa shape index (κ3) is 1.67. The lowest BCUT2D eigenvalue weighted by Gasteiger charge is -2.17. The molecule has 0 N–H and O–H groups in total. The standard InChI is InChI=1S/C11H13ClO2/c1-11(2)6-8-4-3-5-9(13-7-12)10(8)14-11/h3-5H,6-7H2,1-2H3. The van der Waals surface area contributed by atoms with Crippen LogP contribution < -0.4 is 9.47 Å². The largest absolute Gasteiger partial charge is 0.483 e. The lowest BCUT2D eigenvalue weighted by molar-refractivity contribution is 0.133. The van der Waals surface area contributed by atoms with E-state index in [2.05, 4.69) is 19.9 Å². The van der Waals surface area contributed by atoms with E-state index in [1.807, 2.05) is 12.1 Å². The van der Waals surface area contributed by atoms with Gasteiger partial charge in [0.25, 0.3) is 0 Å². The van der Waals surface area contributed by atoms with E-state index in [1.54, 1.807) is 0 Å². The van der Waals surface area contributed by atoms with Crippen molar-refractivity contribution in [1.29, 1.82) is 0 Å². The average Bonchev–Trinajstić information content (AvgIpc) is 2.41. The highest BCUT2D eigenvalue weighted by atomic mass is 35.5. The van der Waals surface area contributed by atoms with Gasteiger partial charge in [-0.1, -0.05) is 23.7 Å². The van der Waals surface area contributed by atoms with Crippen LogP contribution in [-0.2, 0) is 6.42 Å². The first-order chi connectivity index (χ1) is 6.62. The maximum absolute atomic E-state index is 5.79. The van der Waals surface area contributed by atoms with Gasteiger partial charge in [0.2, 0.25) is 0 Å². The van der Waals surface area contributed by atoms with Crippen molar-refractivity contribution < 1.29 is 9.47 Å². The Morgan fingerprint density at radius 3 is 3.00 bits per heavy atom. The van der Waals surface area contributed by atoms with E-state index in [-0.39, 0.29) is 11.7 Å². The Hall–Kier alpha value is -0.890. The fourth-order valence-corrected chi connectivity index (χ4v) is 1.88. The molecule has 1 aliphatic rings. The van der Waals surface area contributed by atoms with E-state index in [4.69, 9.17) is 21.1 Å². The van der Waals surface area contributed by atoms with Crippen molar-refractivity contribution in [3.63, 3.8) is 0 Å². The molecule has 0 unspecified atom stereocenters. The monoisotopic (exact) mass is 212 g/mol. The summed E-state index contributed by atoms with van der Waals surface area (Å²) in [6, 6.07) is 6.06. The topological polar surface area (TPSA) is 18.5 Å². The Balaban J connectivity index is 2.36. The molecule has 76 valence electrons.